The molecule has 2 rings (SSSR count). The Morgan fingerprint density at radius 1 is 1.33 bits per heavy atom. The molecular weight excluding hydrogens is 194 g/mol. The maximum absolute atomic E-state index is 5.54. The Hall–Kier alpha value is -1.91. The molecule has 15 heavy (non-hydrogen) atoms. The Bertz CT molecular complexity index is 426. The molecule has 0 saturated carbocycles. The quantitative estimate of drug-likeness (QED) is 0.766. The van der Waals surface area contributed by atoms with E-state index in [1.54, 1.807) is 12.3 Å². The van der Waals surface area contributed by atoms with Crippen molar-refractivity contribution in [3.63, 3.8) is 0 Å². The summed E-state index contributed by atoms with van der Waals surface area (Å²) < 4.78 is 10.2. The largest absolute Gasteiger partial charge is 0.474 e. The number of hydrogen-bond acceptors (Lipinski definition) is 5. The normalized spacial score (nSPS) is 10.6. The van der Waals surface area contributed by atoms with Gasteiger partial charge in [0.15, 0.2) is 0 Å². The van der Waals surface area contributed by atoms with Crippen LogP contribution < -0.4 is 4.74 Å². The van der Waals surface area contributed by atoms with Crippen LogP contribution in [0.15, 0.2) is 29.2 Å². The van der Waals surface area contributed by atoms with Crippen molar-refractivity contribution in [2.75, 3.05) is 0 Å². The van der Waals surface area contributed by atoms with Crippen molar-refractivity contribution in [2.24, 2.45) is 0 Å². The second-order valence-corrected chi connectivity index (χ2v) is 3.28. The van der Waals surface area contributed by atoms with E-state index in [4.69, 9.17) is 4.74 Å². The van der Waals surface area contributed by atoms with Gasteiger partial charge in [-0.1, -0.05) is 5.16 Å². The average Bonchev–Trinajstić information content (AvgIpc) is 2.70. The van der Waals surface area contributed by atoms with E-state index in [2.05, 4.69) is 19.6 Å². The predicted molar refractivity (Wildman–Crippen MR) is 53.3 cm³/mol. The fraction of sp³-hybridized carbons (Fsp3) is 0.300. The molecule has 0 aliphatic heterocycles. The van der Waals surface area contributed by atoms with Crippen molar-refractivity contribution in [3.05, 3.63) is 24.7 Å². The highest BCUT2D eigenvalue weighted by molar-refractivity contribution is 5.60. The number of hydrogen-bond donors (Lipinski definition) is 0. The van der Waals surface area contributed by atoms with Gasteiger partial charge in [0.05, 0.1) is 11.7 Å². The summed E-state index contributed by atoms with van der Waals surface area (Å²) in [5.74, 6) is 1.01. The first-order chi connectivity index (χ1) is 7.27. The molecule has 0 spiro atoms. The molecule has 0 fully saturated rings. The van der Waals surface area contributed by atoms with Crippen LogP contribution in [-0.4, -0.2) is 21.2 Å². The van der Waals surface area contributed by atoms with Crippen LogP contribution in [0.1, 0.15) is 13.8 Å². The number of aromatic nitrogens is 3. The minimum Gasteiger partial charge on any atom is -0.474 e. The highest BCUT2D eigenvalue weighted by Crippen LogP contribution is 2.24. The zero-order chi connectivity index (χ0) is 10.7. The summed E-state index contributed by atoms with van der Waals surface area (Å²) in [6, 6.07) is 3.65. The fourth-order valence-electron chi connectivity index (χ4n) is 1.17. The van der Waals surface area contributed by atoms with Crippen molar-refractivity contribution < 1.29 is 9.26 Å². The molecule has 0 saturated heterocycles. The van der Waals surface area contributed by atoms with Gasteiger partial charge in [-0.3, -0.25) is 0 Å². The number of pyridine rings is 1. The van der Waals surface area contributed by atoms with Gasteiger partial charge in [-0.15, -0.1) is 0 Å². The summed E-state index contributed by atoms with van der Waals surface area (Å²) in [4.78, 5) is 8.09. The van der Waals surface area contributed by atoms with Gasteiger partial charge in [-0.2, -0.15) is 4.98 Å². The second kappa shape index (κ2) is 4.08. The molecule has 5 heteroatoms. The summed E-state index contributed by atoms with van der Waals surface area (Å²) in [6.07, 6.45) is 3.01. The first-order valence-corrected chi connectivity index (χ1v) is 4.66. The molecule has 0 aromatic carbocycles. The molecule has 0 aliphatic carbocycles. The van der Waals surface area contributed by atoms with Crippen LogP contribution >= 0.6 is 0 Å². The SMILES string of the molecule is CC(C)Oc1ncccc1-c1ncon1. The van der Waals surface area contributed by atoms with Crippen LogP contribution in [0, 0.1) is 0 Å². The van der Waals surface area contributed by atoms with Gasteiger partial charge in [0.1, 0.15) is 0 Å². The zero-order valence-electron chi connectivity index (χ0n) is 8.54. The summed E-state index contributed by atoms with van der Waals surface area (Å²) in [6.45, 7) is 3.88. The van der Waals surface area contributed by atoms with E-state index >= 15 is 0 Å². The third kappa shape index (κ3) is 2.12. The van der Waals surface area contributed by atoms with Crippen molar-refractivity contribution in [2.45, 2.75) is 20.0 Å². The monoisotopic (exact) mass is 205 g/mol. The molecule has 0 unspecified atom stereocenters. The van der Waals surface area contributed by atoms with Gasteiger partial charge < -0.3 is 9.26 Å². The molecule has 5 nitrogen and oxygen atoms in total. The summed E-state index contributed by atoms with van der Waals surface area (Å²) in [5.41, 5.74) is 0.736. The first kappa shape index (κ1) is 9.64. The number of nitrogens with zero attached hydrogens (tertiary/aromatic N) is 3. The minimum absolute atomic E-state index is 0.0607. The fourth-order valence-corrected chi connectivity index (χ4v) is 1.17. The Kier molecular flexibility index (Phi) is 2.62. The van der Waals surface area contributed by atoms with Crippen molar-refractivity contribution in [1.29, 1.82) is 0 Å². The summed E-state index contributed by atoms with van der Waals surface area (Å²) in [5, 5.41) is 3.75. The molecule has 0 amide bonds. The number of rotatable bonds is 3. The Labute approximate surface area is 87.1 Å². The van der Waals surface area contributed by atoms with Gasteiger partial charge >= 0.3 is 0 Å². The lowest BCUT2D eigenvalue weighted by Crippen LogP contribution is -2.08. The van der Waals surface area contributed by atoms with E-state index < -0.39 is 0 Å². The van der Waals surface area contributed by atoms with Crippen LogP contribution in [0.3, 0.4) is 0 Å². The Balaban J connectivity index is 2.38. The van der Waals surface area contributed by atoms with Crippen LogP contribution in [0.25, 0.3) is 11.4 Å². The second-order valence-electron chi connectivity index (χ2n) is 3.28. The lowest BCUT2D eigenvalue weighted by Gasteiger charge is -2.10. The highest BCUT2D eigenvalue weighted by Gasteiger charge is 2.12. The van der Waals surface area contributed by atoms with Crippen molar-refractivity contribution >= 4 is 0 Å². The smallest absolute Gasteiger partial charge is 0.224 e. The maximum atomic E-state index is 5.54. The van der Waals surface area contributed by atoms with Crippen LogP contribution in [0.5, 0.6) is 5.88 Å². The van der Waals surface area contributed by atoms with Gasteiger partial charge in [-0.25, -0.2) is 4.98 Å². The van der Waals surface area contributed by atoms with E-state index in [1.165, 1.54) is 6.39 Å². The number of ether oxygens (including phenoxy) is 1. The van der Waals surface area contributed by atoms with E-state index in [1.807, 2.05) is 19.9 Å². The lowest BCUT2D eigenvalue weighted by atomic mass is 10.2. The van der Waals surface area contributed by atoms with Crippen LogP contribution in [0.2, 0.25) is 0 Å². The lowest BCUT2D eigenvalue weighted by molar-refractivity contribution is 0.233. The predicted octanol–water partition coefficient (Wildman–Crippen LogP) is 1.92. The van der Waals surface area contributed by atoms with Gasteiger partial charge in [0, 0.05) is 6.20 Å². The van der Waals surface area contributed by atoms with Gasteiger partial charge in [-0.05, 0) is 26.0 Å². The molecule has 2 aromatic rings. The zero-order valence-corrected chi connectivity index (χ0v) is 8.54. The third-order valence-corrected chi connectivity index (χ3v) is 1.72. The summed E-state index contributed by atoms with van der Waals surface area (Å²) in [7, 11) is 0. The molecule has 2 aromatic heterocycles. The topological polar surface area (TPSA) is 61.0 Å². The molecule has 78 valence electrons. The van der Waals surface area contributed by atoms with Crippen molar-refractivity contribution in [3.8, 4) is 17.3 Å². The van der Waals surface area contributed by atoms with Crippen LogP contribution in [-0.2, 0) is 0 Å². The van der Waals surface area contributed by atoms with E-state index in [0.717, 1.165) is 5.56 Å². The van der Waals surface area contributed by atoms with E-state index in [9.17, 15) is 0 Å². The molecular formula is C10H11N3O2. The molecule has 0 bridgehead atoms. The third-order valence-electron chi connectivity index (χ3n) is 1.72. The molecule has 0 radical (unpaired) electrons. The minimum atomic E-state index is 0.0607. The highest BCUT2D eigenvalue weighted by atomic mass is 16.5. The average molecular weight is 205 g/mol. The molecule has 0 aliphatic rings. The standard InChI is InChI=1S/C10H11N3O2/c1-7(2)15-10-8(4-3-5-11-10)9-12-6-14-13-9/h3-7H,1-2H3. The molecule has 0 N–H and O–H groups in total. The maximum Gasteiger partial charge on any atom is 0.224 e. The van der Waals surface area contributed by atoms with Gasteiger partial charge in [0.25, 0.3) is 0 Å². The summed E-state index contributed by atoms with van der Waals surface area (Å²) >= 11 is 0. The van der Waals surface area contributed by atoms with E-state index in [-0.39, 0.29) is 6.10 Å². The van der Waals surface area contributed by atoms with Gasteiger partial charge in [0.2, 0.25) is 18.1 Å². The Morgan fingerprint density at radius 3 is 2.87 bits per heavy atom. The first-order valence-electron chi connectivity index (χ1n) is 4.66. The molecule has 0 atom stereocenters. The van der Waals surface area contributed by atoms with Crippen LogP contribution in [0.4, 0.5) is 0 Å². The Morgan fingerprint density at radius 2 is 2.20 bits per heavy atom. The van der Waals surface area contributed by atoms with Crippen molar-refractivity contribution in [1.82, 2.24) is 15.1 Å². The molecule has 2 heterocycles. The van der Waals surface area contributed by atoms with E-state index in [0.29, 0.717) is 11.7 Å².